The molecule has 3 amide bonds. The van der Waals surface area contributed by atoms with E-state index in [0.29, 0.717) is 19.4 Å². The Kier molecular flexibility index (Phi) is 9.45. The number of carbonyl (C=O) groups is 4. The number of rotatable bonds is 11. The maximum atomic E-state index is 13.9. The molecule has 0 spiro atoms. The molecule has 0 saturated carbocycles. The number of unbranched alkanes of at least 4 members (excludes halogenated alkanes) is 1. The van der Waals surface area contributed by atoms with Gasteiger partial charge in [-0.15, -0.1) is 0 Å². The minimum atomic E-state index is -1.78. The normalized spacial score (nSPS) is 19.9. The number of nitrogens with one attached hydrogen (secondary N) is 1. The molecule has 34 heavy (non-hydrogen) atoms. The number of carbonyl (C=O) groups excluding carboxylic acids is 4. The third kappa shape index (κ3) is 4.90. The molecule has 1 aliphatic heterocycles. The van der Waals surface area contributed by atoms with Crippen LogP contribution in [-0.4, -0.2) is 73.1 Å². The van der Waals surface area contributed by atoms with Gasteiger partial charge in [0, 0.05) is 19.8 Å². The number of hydrogen-bond acceptors (Lipinski definition) is 8. The summed E-state index contributed by atoms with van der Waals surface area (Å²) < 4.78 is 10.9. The molecule has 3 atom stereocenters. The molecule has 0 fully saturated rings. The van der Waals surface area contributed by atoms with E-state index >= 15 is 0 Å². The highest BCUT2D eigenvalue weighted by Crippen LogP contribution is 2.40. The molecule has 1 aliphatic rings. The predicted octanol–water partition coefficient (Wildman–Crippen LogP) is 0.826. The van der Waals surface area contributed by atoms with Gasteiger partial charge in [0.1, 0.15) is 6.04 Å². The first kappa shape index (κ1) is 27.6. The molecule has 0 radical (unpaired) electrons. The molecule has 0 saturated heterocycles. The Morgan fingerprint density at radius 2 is 1.65 bits per heavy atom. The molecule has 1 heterocycles. The number of hydrogen-bond donors (Lipinski definition) is 3. The zero-order valence-corrected chi connectivity index (χ0v) is 20.5. The number of nitrogens with two attached hydrogens (primary N) is 2. The number of methoxy groups -OCH3 is 2. The lowest BCUT2D eigenvalue weighted by atomic mass is 9.72. The van der Waals surface area contributed by atoms with E-state index in [2.05, 4.69) is 5.32 Å². The third-order valence-electron chi connectivity index (χ3n) is 6.26. The van der Waals surface area contributed by atoms with Crippen molar-refractivity contribution in [1.82, 2.24) is 10.2 Å². The molecule has 10 nitrogen and oxygen atoms in total. The van der Waals surface area contributed by atoms with Crippen molar-refractivity contribution >= 4 is 23.5 Å². The number of fused-ring (bicyclic) bond motifs is 1. The maximum Gasteiger partial charge on any atom is 0.262 e. The Bertz CT molecular complexity index is 916. The number of ether oxygens (including phenoxy) is 2. The van der Waals surface area contributed by atoms with Gasteiger partial charge in [0.05, 0.1) is 11.6 Å². The summed E-state index contributed by atoms with van der Waals surface area (Å²) in [6, 6.07) is 4.33. The number of imide groups is 1. The second-order valence-corrected chi connectivity index (χ2v) is 8.76. The molecular formula is C24H36N4O6. The number of amides is 3. The number of nitrogens with zero attached hydrogens (tertiary/aromatic N) is 1. The van der Waals surface area contributed by atoms with Gasteiger partial charge in [0.2, 0.25) is 5.91 Å². The molecule has 0 bridgehead atoms. The van der Waals surface area contributed by atoms with Gasteiger partial charge in [-0.05, 0) is 38.3 Å². The van der Waals surface area contributed by atoms with E-state index in [1.54, 1.807) is 32.0 Å². The Labute approximate surface area is 200 Å². The van der Waals surface area contributed by atoms with Gasteiger partial charge in [0.15, 0.2) is 17.6 Å². The van der Waals surface area contributed by atoms with Gasteiger partial charge in [0.25, 0.3) is 11.8 Å². The van der Waals surface area contributed by atoms with Crippen molar-refractivity contribution in [3.8, 4) is 0 Å². The average molecular weight is 477 g/mol. The van der Waals surface area contributed by atoms with E-state index in [4.69, 9.17) is 20.9 Å². The van der Waals surface area contributed by atoms with Crippen LogP contribution in [-0.2, 0) is 19.1 Å². The summed E-state index contributed by atoms with van der Waals surface area (Å²) in [5.41, 5.74) is 9.93. The molecule has 10 heteroatoms. The molecule has 1 aromatic carbocycles. The van der Waals surface area contributed by atoms with Crippen LogP contribution in [0.25, 0.3) is 0 Å². The van der Waals surface area contributed by atoms with Gasteiger partial charge in [-0.3, -0.25) is 24.1 Å². The first-order valence-corrected chi connectivity index (χ1v) is 11.4. The summed E-state index contributed by atoms with van der Waals surface area (Å²) in [5, 5.41) is 2.58. The largest absolute Gasteiger partial charge is 0.353 e. The van der Waals surface area contributed by atoms with Crippen LogP contribution >= 0.6 is 0 Å². The van der Waals surface area contributed by atoms with Crippen LogP contribution in [0.15, 0.2) is 24.3 Å². The highest BCUT2D eigenvalue weighted by atomic mass is 16.7. The van der Waals surface area contributed by atoms with E-state index in [1.807, 2.05) is 0 Å². The number of benzene rings is 1. The van der Waals surface area contributed by atoms with Crippen LogP contribution in [0.1, 0.15) is 60.7 Å². The zero-order valence-electron chi connectivity index (χ0n) is 20.5. The van der Waals surface area contributed by atoms with Gasteiger partial charge < -0.3 is 26.3 Å². The van der Waals surface area contributed by atoms with Crippen molar-refractivity contribution in [1.29, 1.82) is 0 Å². The molecule has 5 N–H and O–H groups in total. The molecular weight excluding hydrogens is 440 g/mol. The Morgan fingerprint density at radius 1 is 1.06 bits per heavy atom. The minimum Gasteiger partial charge on any atom is -0.353 e. The standard InChI is InChI=1S/C24H36N4O6/c1-14(2)24(23(33-4)34-5)19(29)16-10-6-7-11-17(16)22(32)28(24)21(31)15(3)27-20(30)18(26)12-8-9-13-25/h6-7,10-11,14-15,18,23H,8-9,12-13,25-26H2,1-5H3,(H,27,30)/t15-,18-,24+/m0/s1. The lowest BCUT2D eigenvalue weighted by Crippen LogP contribution is -2.73. The van der Waals surface area contributed by atoms with E-state index in [-0.39, 0.29) is 11.1 Å². The van der Waals surface area contributed by atoms with Crippen molar-refractivity contribution in [2.24, 2.45) is 17.4 Å². The summed E-state index contributed by atoms with van der Waals surface area (Å²) in [6.45, 7) is 5.36. The first-order chi connectivity index (χ1) is 16.1. The average Bonchev–Trinajstić information content (AvgIpc) is 2.82. The lowest BCUT2D eigenvalue weighted by Gasteiger charge is -2.50. The van der Waals surface area contributed by atoms with Crippen molar-refractivity contribution < 1.29 is 28.7 Å². The summed E-state index contributed by atoms with van der Waals surface area (Å²) in [5.74, 6) is -3.01. The van der Waals surface area contributed by atoms with Crippen molar-refractivity contribution in [2.75, 3.05) is 20.8 Å². The minimum absolute atomic E-state index is 0.0973. The van der Waals surface area contributed by atoms with Crippen LogP contribution in [0, 0.1) is 5.92 Å². The van der Waals surface area contributed by atoms with Crippen molar-refractivity contribution in [3.05, 3.63) is 35.4 Å². The van der Waals surface area contributed by atoms with E-state index in [0.717, 1.165) is 11.3 Å². The zero-order chi connectivity index (χ0) is 25.6. The molecule has 2 rings (SSSR count). The van der Waals surface area contributed by atoms with Gasteiger partial charge in [-0.1, -0.05) is 38.5 Å². The lowest BCUT2D eigenvalue weighted by molar-refractivity contribution is -0.185. The van der Waals surface area contributed by atoms with Gasteiger partial charge in [-0.2, -0.15) is 0 Å². The molecule has 1 aromatic rings. The van der Waals surface area contributed by atoms with Crippen molar-refractivity contribution in [2.45, 2.75) is 63.9 Å². The molecule has 0 unspecified atom stereocenters. The topological polar surface area (TPSA) is 154 Å². The Balaban J connectivity index is 2.50. The van der Waals surface area contributed by atoms with Crippen LogP contribution in [0.3, 0.4) is 0 Å². The van der Waals surface area contributed by atoms with E-state index in [9.17, 15) is 19.2 Å². The fourth-order valence-electron chi connectivity index (χ4n) is 4.43. The molecule has 0 aliphatic carbocycles. The monoisotopic (exact) mass is 476 g/mol. The highest BCUT2D eigenvalue weighted by Gasteiger charge is 2.61. The second kappa shape index (κ2) is 11.7. The molecule has 188 valence electrons. The maximum absolute atomic E-state index is 13.9. The summed E-state index contributed by atoms with van der Waals surface area (Å²) in [6.07, 6.45) is 0.570. The van der Waals surface area contributed by atoms with Crippen LogP contribution in [0.4, 0.5) is 0 Å². The fraction of sp³-hybridized carbons (Fsp3) is 0.583. The Morgan fingerprint density at radius 3 is 2.18 bits per heavy atom. The third-order valence-corrected chi connectivity index (χ3v) is 6.26. The number of ketones is 1. The SMILES string of the molecule is COC(OC)[C@@]1(C(C)C)C(=O)c2ccccc2C(=O)N1C(=O)[C@H](C)NC(=O)[C@@H](N)CCCCN. The van der Waals surface area contributed by atoms with Crippen LogP contribution in [0.2, 0.25) is 0 Å². The second-order valence-electron chi connectivity index (χ2n) is 8.76. The van der Waals surface area contributed by atoms with Crippen molar-refractivity contribution in [3.63, 3.8) is 0 Å². The number of Topliss-reactive ketones (excluding diaryl/α,β-unsaturated/α-hetero) is 1. The Hall–Kier alpha value is -2.66. The quantitative estimate of drug-likeness (QED) is 0.313. The van der Waals surface area contributed by atoms with Crippen LogP contribution < -0.4 is 16.8 Å². The van der Waals surface area contributed by atoms with Gasteiger partial charge in [-0.25, -0.2) is 0 Å². The molecule has 0 aromatic heterocycles. The smallest absolute Gasteiger partial charge is 0.262 e. The van der Waals surface area contributed by atoms with E-state index < -0.39 is 53.3 Å². The van der Waals surface area contributed by atoms with Gasteiger partial charge >= 0.3 is 0 Å². The summed E-state index contributed by atoms with van der Waals surface area (Å²) in [7, 11) is 2.68. The predicted molar refractivity (Wildman–Crippen MR) is 126 cm³/mol. The summed E-state index contributed by atoms with van der Waals surface area (Å²) in [4.78, 5) is 54.7. The summed E-state index contributed by atoms with van der Waals surface area (Å²) >= 11 is 0. The fourth-order valence-corrected chi connectivity index (χ4v) is 4.43. The van der Waals surface area contributed by atoms with E-state index in [1.165, 1.54) is 27.2 Å². The first-order valence-electron chi connectivity index (χ1n) is 11.4. The highest BCUT2D eigenvalue weighted by molar-refractivity contribution is 6.22. The van der Waals surface area contributed by atoms with Crippen LogP contribution in [0.5, 0.6) is 0 Å².